The van der Waals surface area contributed by atoms with Crippen LogP contribution in [0.15, 0.2) is 6.07 Å². The summed E-state index contributed by atoms with van der Waals surface area (Å²) in [5.74, 6) is -0.0284. The van der Waals surface area contributed by atoms with Crippen molar-refractivity contribution in [1.29, 1.82) is 0 Å². The molecule has 20 heavy (non-hydrogen) atoms. The molecule has 0 spiro atoms. The molecule has 0 radical (unpaired) electrons. The highest BCUT2D eigenvalue weighted by Gasteiger charge is 2.32. The number of hydrogen-bond donors (Lipinski definition) is 1. The summed E-state index contributed by atoms with van der Waals surface area (Å²) in [4.78, 5) is 11.7. The summed E-state index contributed by atoms with van der Waals surface area (Å²) in [6.45, 7) is 2.47. The lowest BCUT2D eigenvalue weighted by atomic mass is 10.1. The number of fused-ring (bicyclic) bond motifs is 1. The van der Waals surface area contributed by atoms with Crippen LogP contribution >= 0.6 is 11.6 Å². The third kappa shape index (κ3) is 2.62. The van der Waals surface area contributed by atoms with Crippen molar-refractivity contribution in [2.75, 3.05) is 26.9 Å². The molecule has 0 aliphatic carbocycles. The number of aliphatic hydroxyl groups excluding tert-OH is 1. The van der Waals surface area contributed by atoms with Crippen molar-refractivity contribution in [3.05, 3.63) is 16.7 Å². The number of aliphatic hydroxyl groups is 1. The zero-order chi connectivity index (χ0) is 14.7. The lowest BCUT2D eigenvalue weighted by molar-refractivity contribution is -0.153. The number of benzene rings is 1. The minimum absolute atomic E-state index is 0.119. The van der Waals surface area contributed by atoms with Gasteiger partial charge in [-0.3, -0.25) is 0 Å². The van der Waals surface area contributed by atoms with Gasteiger partial charge in [0.1, 0.15) is 19.0 Å². The number of halogens is 1. The van der Waals surface area contributed by atoms with Crippen molar-refractivity contribution in [1.82, 2.24) is 0 Å². The third-order valence-corrected chi connectivity index (χ3v) is 3.04. The van der Waals surface area contributed by atoms with Gasteiger partial charge in [-0.2, -0.15) is 0 Å². The molecule has 1 N–H and O–H groups in total. The minimum atomic E-state index is -1.56. The molecule has 0 saturated carbocycles. The predicted molar refractivity (Wildman–Crippen MR) is 70.6 cm³/mol. The average molecular weight is 303 g/mol. The molecule has 0 saturated heterocycles. The number of carbonyl (C=O) groups excluding carboxylic acids is 1. The Morgan fingerprint density at radius 1 is 1.50 bits per heavy atom. The Kier molecular flexibility index (Phi) is 4.57. The second-order valence-electron chi connectivity index (χ2n) is 3.98. The summed E-state index contributed by atoms with van der Waals surface area (Å²) in [5.41, 5.74) is 0.119. The molecule has 1 heterocycles. The largest absolute Gasteiger partial charge is 0.495 e. The predicted octanol–water partition coefficient (Wildman–Crippen LogP) is 1.72. The summed E-state index contributed by atoms with van der Waals surface area (Å²) in [6.07, 6.45) is -1.56. The highest BCUT2D eigenvalue weighted by molar-refractivity contribution is 6.32. The molecule has 1 unspecified atom stereocenters. The zero-order valence-electron chi connectivity index (χ0n) is 11.1. The molecule has 0 aromatic heterocycles. The maximum absolute atomic E-state index is 11.7. The van der Waals surface area contributed by atoms with Gasteiger partial charge in [0.2, 0.25) is 0 Å². The monoisotopic (exact) mass is 302 g/mol. The van der Waals surface area contributed by atoms with Crippen LogP contribution in [0, 0.1) is 0 Å². The molecule has 0 amide bonds. The van der Waals surface area contributed by atoms with Crippen molar-refractivity contribution in [3.8, 4) is 17.2 Å². The van der Waals surface area contributed by atoms with Gasteiger partial charge in [0.05, 0.1) is 24.3 Å². The van der Waals surface area contributed by atoms with Crippen LogP contribution in [0.2, 0.25) is 5.02 Å². The summed E-state index contributed by atoms with van der Waals surface area (Å²) in [7, 11) is 1.39. The Labute approximate surface area is 121 Å². The fraction of sp³-hybridized carbons (Fsp3) is 0.462. The smallest absolute Gasteiger partial charge is 0.339 e. The normalized spacial score (nSPS) is 14.6. The van der Waals surface area contributed by atoms with Crippen LogP contribution in [0.25, 0.3) is 0 Å². The van der Waals surface area contributed by atoms with E-state index in [9.17, 15) is 9.90 Å². The van der Waals surface area contributed by atoms with Gasteiger partial charge in [-0.25, -0.2) is 4.79 Å². The number of esters is 1. The van der Waals surface area contributed by atoms with Gasteiger partial charge in [0, 0.05) is 6.07 Å². The quantitative estimate of drug-likeness (QED) is 0.854. The van der Waals surface area contributed by atoms with E-state index >= 15 is 0 Å². The summed E-state index contributed by atoms with van der Waals surface area (Å²) < 4.78 is 20.8. The first-order chi connectivity index (χ1) is 9.60. The molecule has 1 aliphatic rings. The van der Waals surface area contributed by atoms with Crippen LogP contribution in [0.1, 0.15) is 18.6 Å². The minimum Gasteiger partial charge on any atom is -0.495 e. The van der Waals surface area contributed by atoms with E-state index in [-0.39, 0.29) is 28.7 Å². The van der Waals surface area contributed by atoms with Crippen LogP contribution in [0.4, 0.5) is 0 Å². The second kappa shape index (κ2) is 6.19. The number of methoxy groups -OCH3 is 1. The lowest BCUT2D eigenvalue weighted by Gasteiger charge is -2.25. The van der Waals surface area contributed by atoms with Gasteiger partial charge in [0.25, 0.3) is 0 Å². The molecule has 110 valence electrons. The molecule has 6 nitrogen and oxygen atoms in total. The highest BCUT2D eigenvalue weighted by Crippen LogP contribution is 2.47. The van der Waals surface area contributed by atoms with Gasteiger partial charge < -0.3 is 24.1 Å². The molecule has 1 atom stereocenters. The molecule has 0 bridgehead atoms. The topological polar surface area (TPSA) is 74.2 Å². The van der Waals surface area contributed by atoms with Crippen LogP contribution in [0.5, 0.6) is 17.2 Å². The Morgan fingerprint density at radius 3 is 2.85 bits per heavy atom. The summed E-state index contributed by atoms with van der Waals surface area (Å²) >= 11 is 6.07. The fourth-order valence-electron chi connectivity index (χ4n) is 1.96. The Bertz CT molecular complexity index is 516. The Balaban J connectivity index is 2.53. The number of rotatable bonds is 4. The molecular formula is C13H15ClO6. The third-order valence-electron chi connectivity index (χ3n) is 2.76. The van der Waals surface area contributed by atoms with Crippen molar-refractivity contribution in [2.45, 2.75) is 13.0 Å². The first-order valence-electron chi connectivity index (χ1n) is 6.10. The Hall–Kier alpha value is -1.66. The van der Waals surface area contributed by atoms with Gasteiger partial charge >= 0.3 is 5.97 Å². The molecule has 7 heteroatoms. The maximum atomic E-state index is 11.7. The van der Waals surface area contributed by atoms with E-state index in [4.69, 9.17) is 30.5 Å². The van der Waals surface area contributed by atoms with Gasteiger partial charge in [-0.05, 0) is 6.92 Å². The number of ether oxygens (including phenoxy) is 4. The van der Waals surface area contributed by atoms with E-state index in [1.807, 2.05) is 0 Å². The zero-order valence-corrected chi connectivity index (χ0v) is 11.9. The van der Waals surface area contributed by atoms with Gasteiger partial charge in [0.15, 0.2) is 17.6 Å². The van der Waals surface area contributed by atoms with E-state index in [2.05, 4.69) is 0 Å². The van der Waals surface area contributed by atoms with Crippen molar-refractivity contribution in [2.24, 2.45) is 0 Å². The fourth-order valence-corrected chi connectivity index (χ4v) is 2.24. The SMILES string of the molecule is CCOC(=O)C(O)c1c(OC)c(Cl)cc2c1OCCO2. The number of hydrogen-bond acceptors (Lipinski definition) is 6. The standard InChI is InChI=1S/C13H15ClO6/c1-3-18-13(16)10(15)9-11(17-2)7(14)6-8-12(9)20-5-4-19-8/h6,10,15H,3-5H2,1-2H3. The first-order valence-corrected chi connectivity index (χ1v) is 6.48. The second-order valence-corrected chi connectivity index (χ2v) is 4.39. The van der Waals surface area contributed by atoms with Crippen LogP contribution in [-0.2, 0) is 9.53 Å². The summed E-state index contributed by atoms with van der Waals surface area (Å²) in [5, 5.41) is 10.4. The average Bonchev–Trinajstić information content (AvgIpc) is 2.45. The van der Waals surface area contributed by atoms with E-state index in [0.717, 1.165) is 0 Å². The van der Waals surface area contributed by atoms with Crippen LogP contribution in [-0.4, -0.2) is 38.0 Å². The van der Waals surface area contributed by atoms with Crippen molar-refractivity contribution in [3.63, 3.8) is 0 Å². The molecular weight excluding hydrogens is 288 g/mol. The molecule has 1 aromatic carbocycles. The van der Waals surface area contributed by atoms with Crippen LogP contribution < -0.4 is 14.2 Å². The maximum Gasteiger partial charge on any atom is 0.339 e. The van der Waals surface area contributed by atoms with Gasteiger partial charge in [-0.15, -0.1) is 0 Å². The number of carbonyl (C=O) groups is 1. The first kappa shape index (κ1) is 14.7. The lowest BCUT2D eigenvalue weighted by Crippen LogP contribution is -2.21. The van der Waals surface area contributed by atoms with E-state index in [1.54, 1.807) is 6.92 Å². The van der Waals surface area contributed by atoms with Crippen molar-refractivity contribution >= 4 is 17.6 Å². The molecule has 1 aliphatic heterocycles. The van der Waals surface area contributed by atoms with Crippen LogP contribution in [0.3, 0.4) is 0 Å². The molecule has 0 fully saturated rings. The summed E-state index contributed by atoms with van der Waals surface area (Å²) in [6, 6.07) is 1.52. The Morgan fingerprint density at radius 2 is 2.20 bits per heavy atom. The molecule has 1 aromatic rings. The van der Waals surface area contributed by atoms with E-state index < -0.39 is 12.1 Å². The van der Waals surface area contributed by atoms with Crippen molar-refractivity contribution < 1.29 is 28.8 Å². The highest BCUT2D eigenvalue weighted by atomic mass is 35.5. The van der Waals surface area contributed by atoms with E-state index in [0.29, 0.717) is 19.0 Å². The van der Waals surface area contributed by atoms with E-state index in [1.165, 1.54) is 13.2 Å². The van der Waals surface area contributed by atoms with Gasteiger partial charge in [-0.1, -0.05) is 11.6 Å². The molecule has 2 rings (SSSR count).